The smallest absolute Gasteiger partial charge is 0.123 e. The van der Waals surface area contributed by atoms with Crippen LogP contribution in [0.3, 0.4) is 0 Å². The lowest BCUT2D eigenvalue weighted by molar-refractivity contribution is 0.628. The zero-order chi connectivity index (χ0) is 13.9. The van der Waals surface area contributed by atoms with Gasteiger partial charge in [-0.05, 0) is 47.9 Å². The minimum atomic E-state index is -0.221. The molecule has 0 saturated heterocycles. The molecule has 98 valence electrons. The van der Waals surface area contributed by atoms with E-state index in [4.69, 9.17) is 0 Å². The van der Waals surface area contributed by atoms with Crippen LogP contribution in [0.4, 0.5) is 4.39 Å². The van der Waals surface area contributed by atoms with Gasteiger partial charge in [0.05, 0.1) is 5.69 Å². The summed E-state index contributed by atoms with van der Waals surface area (Å²) in [4.78, 5) is 4.43. The van der Waals surface area contributed by atoms with Crippen LogP contribution in [0.5, 0.6) is 0 Å². The number of halogens is 1. The van der Waals surface area contributed by atoms with E-state index in [2.05, 4.69) is 4.98 Å². The highest BCUT2D eigenvalue weighted by Gasteiger charge is 2.03. The molecule has 20 heavy (non-hydrogen) atoms. The normalized spacial score (nSPS) is 10.5. The van der Waals surface area contributed by atoms with Gasteiger partial charge >= 0.3 is 0 Å². The van der Waals surface area contributed by atoms with Gasteiger partial charge in [-0.1, -0.05) is 36.4 Å². The van der Waals surface area contributed by atoms with Gasteiger partial charge in [0, 0.05) is 11.8 Å². The summed E-state index contributed by atoms with van der Waals surface area (Å²) in [5.41, 5.74) is 4.96. The molecule has 0 N–H and O–H groups in total. The standard InChI is InChI=1S/C18H14FN/c1-13-8-9-18(20-12-13)16-6-2-4-14(10-16)15-5-3-7-17(19)11-15/h2-12H,1H3. The van der Waals surface area contributed by atoms with Crippen molar-refractivity contribution in [1.82, 2.24) is 4.98 Å². The van der Waals surface area contributed by atoms with Crippen LogP contribution in [-0.2, 0) is 0 Å². The molecule has 0 radical (unpaired) electrons. The van der Waals surface area contributed by atoms with E-state index in [9.17, 15) is 4.39 Å². The number of nitrogens with zero attached hydrogens (tertiary/aromatic N) is 1. The molecule has 0 spiro atoms. The van der Waals surface area contributed by atoms with Crippen LogP contribution in [-0.4, -0.2) is 4.98 Å². The molecule has 0 atom stereocenters. The number of aryl methyl sites for hydroxylation is 1. The zero-order valence-electron chi connectivity index (χ0n) is 11.2. The summed E-state index contributed by atoms with van der Waals surface area (Å²) in [6, 6.07) is 18.7. The summed E-state index contributed by atoms with van der Waals surface area (Å²) in [5.74, 6) is -0.221. The molecule has 0 aliphatic carbocycles. The van der Waals surface area contributed by atoms with Crippen LogP contribution in [0.15, 0.2) is 66.9 Å². The lowest BCUT2D eigenvalue weighted by atomic mass is 10.0. The van der Waals surface area contributed by atoms with Crippen molar-refractivity contribution in [2.24, 2.45) is 0 Å². The summed E-state index contributed by atoms with van der Waals surface area (Å²) in [6.45, 7) is 2.01. The Kier molecular flexibility index (Phi) is 3.30. The van der Waals surface area contributed by atoms with E-state index in [1.54, 1.807) is 12.1 Å². The molecule has 2 heteroatoms. The molecular formula is C18H14FN. The molecule has 3 rings (SSSR count). The predicted octanol–water partition coefficient (Wildman–Crippen LogP) is 4.86. The van der Waals surface area contributed by atoms with E-state index in [1.165, 1.54) is 6.07 Å². The average Bonchev–Trinajstić information content (AvgIpc) is 2.48. The van der Waals surface area contributed by atoms with E-state index in [-0.39, 0.29) is 5.82 Å². The van der Waals surface area contributed by atoms with Gasteiger partial charge in [0.15, 0.2) is 0 Å². The minimum Gasteiger partial charge on any atom is -0.256 e. The van der Waals surface area contributed by atoms with Crippen molar-refractivity contribution in [3.8, 4) is 22.4 Å². The van der Waals surface area contributed by atoms with Crippen LogP contribution in [0.1, 0.15) is 5.56 Å². The molecule has 0 saturated carbocycles. The van der Waals surface area contributed by atoms with Crippen LogP contribution in [0, 0.1) is 12.7 Å². The molecule has 3 aromatic rings. The monoisotopic (exact) mass is 263 g/mol. The third-order valence-electron chi connectivity index (χ3n) is 3.23. The number of pyridine rings is 1. The van der Waals surface area contributed by atoms with Crippen molar-refractivity contribution in [3.63, 3.8) is 0 Å². The molecule has 0 bridgehead atoms. The fourth-order valence-corrected chi connectivity index (χ4v) is 2.16. The van der Waals surface area contributed by atoms with E-state index in [0.717, 1.165) is 27.9 Å². The molecule has 0 unspecified atom stereocenters. The maximum absolute atomic E-state index is 13.3. The summed E-state index contributed by atoms with van der Waals surface area (Å²) in [7, 11) is 0. The van der Waals surface area contributed by atoms with Crippen molar-refractivity contribution < 1.29 is 4.39 Å². The predicted molar refractivity (Wildman–Crippen MR) is 79.8 cm³/mol. The first-order chi connectivity index (χ1) is 9.72. The molecular weight excluding hydrogens is 249 g/mol. The molecule has 0 aliphatic heterocycles. The Bertz CT molecular complexity index is 732. The number of benzene rings is 2. The number of aromatic nitrogens is 1. The first-order valence-corrected chi connectivity index (χ1v) is 6.51. The van der Waals surface area contributed by atoms with Crippen molar-refractivity contribution in [3.05, 3.63) is 78.2 Å². The first kappa shape index (κ1) is 12.5. The fourth-order valence-electron chi connectivity index (χ4n) is 2.16. The van der Waals surface area contributed by atoms with Crippen LogP contribution < -0.4 is 0 Å². The summed E-state index contributed by atoms with van der Waals surface area (Å²) in [6.07, 6.45) is 1.85. The fraction of sp³-hybridized carbons (Fsp3) is 0.0556. The molecule has 0 amide bonds. The Hall–Kier alpha value is -2.48. The maximum atomic E-state index is 13.3. The van der Waals surface area contributed by atoms with Gasteiger partial charge in [-0.25, -0.2) is 4.39 Å². The van der Waals surface area contributed by atoms with Gasteiger partial charge in [-0.15, -0.1) is 0 Å². The van der Waals surface area contributed by atoms with Crippen molar-refractivity contribution in [2.45, 2.75) is 6.92 Å². The lowest BCUT2D eigenvalue weighted by Gasteiger charge is -2.06. The quantitative estimate of drug-likeness (QED) is 0.643. The van der Waals surface area contributed by atoms with E-state index in [1.807, 2.05) is 55.6 Å². The lowest BCUT2D eigenvalue weighted by Crippen LogP contribution is -1.86. The molecule has 0 fully saturated rings. The second kappa shape index (κ2) is 5.25. The summed E-state index contributed by atoms with van der Waals surface area (Å²) < 4.78 is 13.3. The average molecular weight is 263 g/mol. The van der Waals surface area contributed by atoms with Crippen LogP contribution >= 0.6 is 0 Å². The largest absolute Gasteiger partial charge is 0.256 e. The van der Waals surface area contributed by atoms with Crippen molar-refractivity contribution in [2.75, 3.05) is 0 Å². The molecule has 1 aromatic heterocycles. The van der Waals surface area contributed by atoms with Gasteiger partial charge in [0.25, 0.3) is 0 Å². The zero-order valence-corrected chi connectivity index (χ0v) is 11.2. The third kappa shape index (κ3) is 2.59. The van der Waals surface area contributed by atoms with Gasteiger partial charge in [-0.3, -0.25) is 4.98 Å². The van der Waals surface area contributed by atoms with Gasteiger partial charge in [0.1, 0.15) is 5.82 Å². The number of hydrogen-bond acceptors (Lipinski definition) is 1. The summed E-state index contributed by atoms with van der Waals surface area (Å²) >= 11 is 0. The van der Waals surface area contributed by atoms with Crippen molar-refractivity contribution >= 4 is 0 Å². The number of hydrogen-bond donors (Lipinski definition) is 0. The van der Waals surface area contributed by atoms with Crippen molar-refractivity contribution in [1.29, 1.82) is 0 Å². The second-order valence-electron chi connectivity index (χ2n) is 4.81. The van der Waals surface area contributed by atoms with E-state index in [0.29, 0.717) is 0 Å². The SMILES string of the molecule is Cc1ccc(-c2cccc(-c3cccc(F)c3)c2)nc1. The Labute approximate surface area is 117 Å². The number of rotatable bonds is 2. The molecule has 0 aliphatic rings. The van der Waals surface area contributed by atoms with Gasteiger partial charge < -0.3 is 0 Å². The topological polar surface area (TPSA) is 12.9 Å². The van der Waals surface area contributed by atoms with Crippen LogP contribution in [0.25, 0.3) is 22.4 Å². The third-order valence-corrected chi connectivity index (χ3v) is 3.23. The van der Waals surface area contributed by atoms with Gasteiger partial charge in [-0.2, -0.15) is 0 Å². The first-order valence-electron chi connectivity index (χ1n) is 6.51. The highest BCUT2D eigenvalue weighted by Crippen LogP contribution is 2.25. The van der Waals surface area contributed by atoms with Crippen LogP contribution in [0.2, 0.25) is 0 Å². The Balaban J connectivity index is 2.03. The van der Waals surface area contributed by atoms with Gasteiger partial charge in [0.2, 0.25) is 0 Å². The highest BCUT2D eigenvalue weighted by molar-refractivity contribution is 5.71. The molecule has 1 heterocycles. The Morgan fingerprint density at radius 3 is 2.20 bits per heavy atom. The Morgan fingerprint density at radius 1 is 0.800 bits per heavy atom. The minimum absolute atomic E-state index is 0.221. The molecule has 2 aromatic carbocycles. The van der Waals surface area contributed by atoms with E-state index >= 15 is 0 Å². The summed E-state index contributed by atoms with van der Waals surface area (Å²) in [5, 5.41) is 0. The maximum Gasteiger partial charge on any atom is 0.123 e. The second-order valence-corrected chi connectivity index (χ2v) is 4.81. The Morgan fingerprint density at radius 2 is 1.50 bits per heavy atom. The highest BCUT2D eigenvalue weighted by atomic mass is 19.1. The molecule has 1 nitrogen and oxygen atoms in total. The van der Waals surface area contributed by atoms with E-state index < -0.39 is 0 Å².